The van der Waals surface area contributed by atoms with E-state index in [1.807, 2.05) is 6.08 Å². The lowest BCUT2D eigenvalue weighted by molar-refractivity contribution is -0.123. The number of hydrogen-bond donors (Lipinski definition) is 3. The summed E-state index contributed by atoms with van der Waals surface area (Å²) in [6.45, 7) is 4.23. The topological polar surface area (TPSA) is 69.6 Å². The molecule has 2 atom stereocenters. The summed E-state index contributed by atoms with van der Waals surface area (Å²) in [5.74, 6) is -0.0623. The molecule has 0 aliphatic heterocycles. The van der Waals surface area contributed by atoms with E-state index in [1.54, 1.807) is 6.08 Å². The summed E-state index contributed by atoms with van der Waals surface area (Å²) in [5.41, 5.74) is 0. The van der Waals surface area contributed by atoms with Crippen molar-refractivity contribution in [1.29, 1.82) is 0 Å². The smallest absolute Gasteiger partial charge is 0.220 e. The Morgan fingerprint density at radius 3 is 0.985 bits per heavy atom. The zero-order valence-corrected chi connectivity index (χ0v) is 45.2. The Morgan fingerprint density at radius 1 is 0.373 bits per heavy atom. The molecule has 0 aliphatic carbocycles. The van der Waals surface area contributed by atoms with Crippen LogP contribution in [0, 0.1) is 0 Å². The number of amides is 1. The Balaban J connectivity index is 3.48. The van der Waals surface area contributed by atoms with Crippen LogP contribution in [0.4, 0.5) is 0 Å². The van der Waals surface area contributed by atoms with Gasteiger partial charge in [0.15, 0.2) is 0 Å². The van der Waals surface area contributed by atoms with Gasteiger partial charge in [-0.1, -0.05) is 312 Å². The molecule has 0 saturated carbocycles. The van der Waals surface area contributed by atoms with Crippen LogP contribution in [0.1, 0.15) is 316 Å². The molecule has 0 aromatic rings. The van der Waals surface area contributed by atoms with Crippen molar-refractivity contribution < 1.29 is 15.0 Å². The second kappa shape index (κ2) is 58.4. The van der Waals surface area contributed by atoms with Crippen molar-refractivity contribution in [2.24, 2.45) is 0 Å². The van der Waals surface area contributed by atoms with E-state index in [9.17, 15) is 15.0 Å². The molecule has 0 aromatic carbocycles. The van der Waals surface area contributed by atoms with Crippen LogP contribution in [0.25, 0.3) is 0 Å². The molecular weight excluding hydrogens is 819 g/mol. The molecule has 3 N–H and O–H groups in total. The maximum Gasteiger partial charge on any atom is 0.220 e. The number of aliphatic hydroxyl groups is 2. The van der Waals surface area contributed by atoms with Crippen LogP contribution in [-0.2, 0) is 4.79 Å². The fourth-order valence-electron chi connectivity index (χ4n) is 9.23. The molecule has 4 nitrogen and oxygen atoms in total. The molecular formula is C63H117NO3. The van der Waals surface area contributed by atoms with Crippen molar-refractivity contribution in [3.8, 4) is 0 Å². The molecule has 4 heteroatoms. The summed E-state index contributed by atoms with van der Waals surface area (Å²) < 4.78 is 0. The van der Waals surface area contributed by atoms with Crippen LogP contribution in [0.3, 0.4) is 0 Å². The normalized spacial score (nSPS) is 13.2. The molecule has 0 aliphatic rings. The summed E-state index contributed by atoms with van der Waals surface area (Å²) >= 11 is 0. The second-order valence-electron chi connectivity index (χ2n) is 20.4. The van der Waals surface area contributed by atoms with E-state index in [1.165, 1.54) is 244 Å². The van der Waals surface area contributed by atoms with Crippen LogP contribution in [0.2, 0.25) is 0 Å². The first kappa shape index (κ1) is 65.1. The Bertz CT molecular complexity index is 1110. The van der Waals surface area contributed by atoms with E-state index in [2.05, 4.69) is 67.8 Å². The molecule has 0 radical (unpaired) electrons. The maximum absolute atomic E-state index is 12.5. The first-order valence-corrected chi connectivity index (χ1v) is 30.0. The molecule has 1 amide bonds. The lowest BCUT2D eigenvalue weighted by atomic mass is 10.0. The Hall–Kier alpha value is -1.91. The zero-order chi connectivity index (χ0) is 48.5. The average Bonchev–Trinajstić information content (AvgIpc) is 3.33. The zero-order valence-electron chi connectivity index (χ0n) is 45.2. The van der Waals surface area contributed by atoms with Gasteiger partial charge in [0, 0.05) is 6.42 Å². The van der Waals surface area contributed by atoms with Gasteiger partial charge < -0.3 is 15.5 Å². The number of aliphatic hydroxyl groups excluding tert-OH is 2. The number of allylic oxidation sites excluding steroid dienone is 9. The minimum Gasteiger partial charge on any atom is -0.394 e. The van der Waals surface area contributed by atoms with Gasteiger partial charge in [0.05, 0.1) is 18.8 Å². The number of nitrogens with one attached hydrogen (secondary N) is 1. The monoisotopic (exact) mass is 936 g/mol. The third-order valence-corrected chi connectivity index (χ3v) is 13.8. The summed E-state index contributed by atoms with van der Waals surface area (Å²) in [5, 5.41) is 23.2. The predicted octanol–water partition coefficient (Wildman–Crippen LogP) is 20.0. The van der Waals surface area contributed by atoms with Gasteiger partial charge >= 0.3 is 0 Å². The van der Waals surface area contributed by atoms with E-state index in [0.717, 1.165) is 51.4 Å². The summed E-state index contributed by atoms with van der Waals surface area (Å²) in [6, 6.07) is -0.626. The molecule has 0 rings (SSSR count). The first-order chi connectivity index (χ1) is 33.2. The highest BCUT2D eigenvalue weighted by atomic mass is 16.3. The average molecular weight is 937 g/mol. The Labute approximate surface area is 419 Å². The SMILES string of the molecule is CC/C=C\C/C=C\C/C=C\C/C=C\CCCCCCCCCCCCCCCCC(=O)NC(CO)C(O)/C=C/CCCCCCCCCCCCCCCCCCCCCCCCCCCC. The van der Waals surface area contributed by atoms with Crippen molar-refractivity contribution in [3.05, 3.63) is 60.8 Å². The standard InChI is InChI=1S/C63H117NO3/c1-3-5-7-9-11-13-15-17-19-21-23-25-27-29-31-33-34-36-38-40-42-44-46-48-50-52-54-56-58-62(66)61(60-65)64-63(67)59-57-55-53-51-49-47-45-43-41-39-37-35-32-30-28-26-24-22-20-18-16-14-12-10-8-6-4-2/h6,8,12,14,18,20,24,26,56,58,61-62,65-66H,3-5,7,9-11,13,15-17,19,21-23,25,27-55,57,59-60H2,1-2H3,(H,64,67)/b8-6-,14-12-,20-18-,26-24-,58-56+. The number of unbranched alkanes of at least 4 members (excludes halogenated alkanes) is 40. The summed E-state index contributed by atoms with van der Waals surface area (Å²) in [4.78, 5) is 12.5. The van der Waals surface area contributed by atoms with Crippen molar-refractivity contribution in [2.75, 3.05) is 6.61 Å². The summed E-state index contributed by atoms with van der Waals surface area (Å²) in [6.07, 6.45) is 82.6. The van der Waals surface area contributed by atoms with Crippen LogP contribution in [0.5, 0.6) is 0 Å². The van der Waals surface area contributed by atoms with Crippen molar-refractivity contribution in [3.63, 3.8) is 0 Å². The largest absolute Gasteiger partial charge is 0.394 e. The van der Waals surface area contributed by atoms with Crippen LogP contribution in [0.15, 0.2) is 60.8 Å². The fraction of sp³-hybridized carbons (Fsp3) is 0.825. The van der Waals surface area contributed by atoms with Gasteiger partial charge in [-0.3, -0.25) is 4.79 Å². The molecule has 0 bridgehead atoms. The number of hydrogen-bond acceptors (Lipinski definition) is 3. The molecule has 0 heterocycles. The van der Waals surface area contributed by atoms with Gasteiger partial charge in [0.1, 0.15) is 0 Å². The van der Waals surface area contributed by atoms with Gasteiger partial charge in [-0.05, 0) is 57.8 Å². The quantitative estimate of drug-likeness (QED) is 0.0420. The van der Waals surface area contributed by atoms with Crippen molar-refractivity contribution in [1.82, 2.24) is 5.32 Å². The number of carbonyl (C=O) groups is 1. The molecule has 0 spiro atoms. The Morgan fingerprint density at radius 2 is 0.657 bits per heavy atom. The van der Waals surface area contributed by atoms with Gasteiger partial charge in [0.25, 0.3) is 0 Å². The van der Waals surface area contributed by atoms with E-state index in [-0.39, 0.29) is 12.5 Å². The highest BCUT2D eigenvalue weighted by Crippen LogP contribution is 2.18. The van der Waals surface area contributed by atoms with Crippen LogP contribution < -0.4 is 5.32 Å². The van der Waals surface area contributed by atoms with E-state index in [4.69, 9.17) is 0 Å². The molecule has 67 heavy (non-hydrogen) atoms. The fourth-order valence-corrected chi connectivity index (χ4v) is 9.23. The van der Waals surface area contributed by atoms with E-state index < -0.39 is 12.1 Å². The highest BCUT2D eigenvalue weighted by molar-refractivity contribution is 5.76. The van der Waals surface area contributed by atoms with Crippen molar-refractivity contribution in [2.45, 2.75) is 328 Å². The molecule has 0 aromatic heterocycles. The summed E-state index contributed by atoms with van der Waals surface area (Å²) in [7, 11) is 0. The minimum absolute atomic E-state index is 0.0623. The third kappa shape index (κ3) is 54.9. The van der Waals surface area contributed by atoms with Crippen LogP contribution in [-0.4, -0.2) is 34.9 Å². The first-order valence-electron chi connectivity index (χ1n) is 30.0. The molecule has 392 valence electrons. The third-order valence-electron chi connectivity index (χ3n) is 13.8. The van der Waals surface area contributed by atoms with Crippen molar-refractivity contribution >= 4 is 5.91 Å². The maximum atomic E-state index is 12.5. The second-order valence-corrected chi connectivity index (χ2v) is 20.4. The van der Waals surface area contributed by atoms with Gasteiger partial charge in [-0.25, -0.2) is 0 Å². The predicted molar refractivity (Wildman–Crippen MR) is 299 cm³/mol. The lowest BCUT2D eigenvalue weighted by Gasteiger charge is -2.20. The van der Waals surface area contributed by atoms with E-state index >= 15 is 0 Å². The van der Waals surface area contributed by atoms with E-state index in [0.29, 0.717) is 6.42 Å². The molecule has 0 fully saturated rings. The van der Waals surface area contributed by atoms with Crippen LogP contribution >= 0.6 is 0 Å². The Kier molecular flexibility index (Phi) is 56.7. The molecule has 0 saturated heterocycles. The van der Waals surface area contributed by atoms with Gasteiger partial charge in [-0.2, -0.15) is 0 Å². The molecule has 2 unspecified atom stereocenters. The number of rotatable bonds is 55. The lowest BCUT2D eigenvalue weighted by Crippen LogP contribution is -2.45. The minimum atomic E-state index is -0.843. The van der Waals surface area contributed by atoms with Gasteiger partial charge in [-0.15, -0.1) is 0 Å². The van der Waals surface area contributed by atoms with Gasteiger partial charge in [0.2, 0.25) is 5.91 Å². The highest BCUT2D eigenvalue weighted by Gasteiger charge is 2.18. The number of carbonyl (C=O) groups excluding carboxylic acids is 1.